The van der Waals surface area contributed by atoms with E-state index in [1.807, 2.05) is 6.92 Å². The van der Waals surface area contributed by atoms with E-state index in [-0.39, 0.29) is 12.5 Å². The van der Waals surface area contributed by atoms with Crippen molar-refractivity contribution in [2.75, 3.05) is 6.61 Å². The van der Waals surface area contributed by atoms with E-state index < -0.39 is 41.5 Å². The van der Waals surface area contributed by atoms with Gasteiger partial charge in [0.1, 0.15) is 0 Å². The Kier molecular flexibility index (Phi) is 5.51. The van der Waals surface area contributed by atoms with Crippen LogP contribution in [0.3, 0.4) is 0 Å². The fourth-order valence-corrected chi connectivity index (χ4v) is 6.06. The Balaban J connectivity index is 1.74. The van der Waals surface area contributed by atoms with Gasteiger partial charge >= 0.3 is 6.18 Å². The summed E-state index contributed by atoms with van der Waals surface area (Å²) in [5.74, 6) is -4.87. The zero-order valence-corrected chi connectivity index (χ0v) is 17.7. The molecule has 8 atom stereocenters. The van der Waals surface area contributed by atoms with Gasteiger partial charge in [0.05, 0.1) is 6.61 Å². The van der Waals surface area contributed by atoms with E-state index in [4.69, 9.17) is 24.0 Å². The number of alkyl halides is 3. The lowest BCUT2D eigenvalue weighted by Gasteiger charge is -2.62. The number of halogens is 3. The average Bonchev–Trinajstić information content (AvgIpc) is 2.88. The van der Waals surface area contributed by atoms with E-state index in [0.29, 0.717) is 25.2 Å². The molecule has 5 rings (SSSR count). The van der Waals surface area contributed by atoms with Gasteiger partial charge < -0.3 is 14.2 Å². The Morgan fingerprint density at radius 2 is 1.76 bits per heavy atom. The smallest absolute Gasteiger partial charge is 0.342 e. The molecule has 0 N–H and O–H groups in total. The fraction of sp³-hybridized carbons (Fsp3) is 1.00. The third kappa shape index (κ3) is 3.16. The van der Waals surface area contributed by atoms with Crippen LogP contribution in [0.5, 0.6) is 0 Å². The third-order valence-electron chi connectivity index (χ3n) is 7.72. The summed E-state index contributed by atoms with van der Waals surface area (Å²) < 4.78 is 60.9. The minimum atomic E-state index is -4.69. The lowest BCUT2D eigenvalue weighted by Crippen LogP contribution is -2.76. The molecule has 1 spiro atoms. The number of hydrogen-bond donors (Lipinski definition) is 0. The van der Waals surface area contributed by atoms with Crippen molar-refractivity contribution in [1.82, 2.24) is 0 Å². The highest BCUT2D eigenvalue weighted by Gasteiger charge is 2.77. The molecule has 29 heavy (non-hydrogen) atoms. The SMILES string of the molecule is CCCCCO[C@@]1(C(F)(F)F)O[C@@H]2O[C@]3(C)CC[C@H]4[C@H](C)CC[C@@H]([C@H]1C)[C@@]24OO3. The molecule has 168 valence electrons. The summed E-state index contributed by atoms with van der Waals surface area (Å²) in [5, 5.41) is 0. The maximum absolute atomic E-state index is 14.5. The summed E-state index contributed by atoms with van der Waals surface area (Å²) in [4.78, 5) is 11.6. The van der Waals surface area contributed by atoms with Crippen molar-refractivity contribution in [2.45, 2.75) is 102 Å². The zero-order valence-electron chi connectivity index (χ0n) is 17.7. The largest absolute Gasteiger partial charge is 0.443 e. The van der Waals surface area contributed by atoms with Crippen LogP contribution in [0.15, 0.2) is 0 Å². The highest BCUT2D eigenvalue weighted by Crippen LogP contribution is 2.64. The molecule has 5 fully saturated rings. The molecule has 0 amide bonds. The van der Waals surface area contributed by atoms with E-state index in [0.717, 1.165) is 25.7 Å². The van der Waals surface area contributed by atoms with Gasteiger partial charge in [-0.3, -0.25) is 0 Å². The maximum Gasteiger partial charge on any atom is 0.443 e. The van der Waals surface area contributed by atoms with Gasteiger partial charge in [-0.1, -0.05) is 33.6 Å². The number of hydrogen-bond acceptors (Lipinski definition) is 5. The summed E-state index contributed by atoms with van der Waals surface area (Å²) in [6, 6.07) is 0. The lowest BCUT2D eigenvalue weighted by molar-refractivity contribution is -0.598. The molecule has 0 aromatic heterocycles. The van der Waals surface area contributed by atoms with Gasteiger partial charge in [0, 0.05) is 18.3 Å². The Labute approximate surface area is 170 Å². The van der Waals surface area contributed by atoms with Crippen molar-refractivity contribution in [3.05, 3.63) is 0 Å². The molecular weight excluding hydrogens is 389 g/mol. The predicted molar refractivity (Wildman–Crippen MR) is 97.3 cm³/mol. The molecular formula is C21H33F3O5. The first-order chi connectivity index (χ1) is 13.6. The summed E-state index contributed by atoms with van der Waals surface area (Å²) in [6.45, 7) is 7.42. The van der Waals surface area contributed by atoms with Crippen LogP contribution < -0.4 is 0 Å². The minimum absolute atomic E-state index is 0.00140. The first-order valence-electron chi connectivity index (χ1n) is 11.0. The van der Waals surface area contributed by atoms with Crippen LogP contribution in [0, 0.1) is 23.7 Å². The molecule has 0 radical (unpaired) electrons. The Morgan fingerprint density at radius 1 is 1.00 bits per heavy atom. The summed E-state index contributed by atoms with van der Waals surface area (Å²) in [5.41, 5.74) is -1.03. The standard InChI is InChI=1S/C21H33F3O5/c1-5-6-7-12-25-20(21(22,23)24)14(3)16-9-8-13(2)15-10-11-18(4)26-17(27-20)19(15,16)29-28-18/h13-17H,5-12H2,1-4H3/t13-,14-,15+,16+,17+,18+,19-,20-/m1/s1. The monoisotopic (exact) mass is 422 g/mol. The van der Waals surface area contributed by atoms with Crippen molar-refractivity contribution in [2.24, 2.45) is 23.7 Å². The van der Waals surface area contributed by atoms with Crippen LogP contribution >= 0.6 is 0 Å². The fourth-order valence-electron chi connectivity index (χ4n) is 6.06. The number of unbranched alkanes of at least 4 members (excludes halogenated alkanes) is 2. The molecule has 4 saturated heterocycles. The molecule has 0 aromatic rings. The van der Waals surface area contributed by atoms with Gasteiger partial charge in [-0.25, -0.2) is 9.78 Å². The van der Waals surface area contributed by atoms with Gasteiger partial charge in [-0.15, -0.1) is 0 Å². The maximum atomic E-state index is 14.5. The van der Waals surface area contributed by atoms with Crippen molar-refractivity contribution in [3.63, 3.8) is 0 Å². The number of fused-ring (bicyclic) bond motifs is 2. The summed E-state index contributed by atoms with van der Waals surface area (Å²) in [7, 11) is 0. The van der Waals surface area contributed by atoms with Gasteiger partial charge in [-0.05, 0) is 44.4 Å². The van der Waals surface area contributed by atoms with Crippen LogP contribution in [-0.2, 0) is 24.0 Å². The van der Waals surface area contributed by atoms with Crippen LogP contribution in [-0.4, -0.2) is 36.2 Å². The Bertz CT molecular complexity index is 616. The second-order valence-electron chi connectivity index (χ2n) is 9.54. The molecule has 1 aliphatic carbocycles. The van der Waals surface area contributed by atoms with Gasteiger partial charge in [0.25, 0.3) is 5.79 Å². The zero-order chi connectivity index (χ0) is 21.1. The van der Waals surface area contributed by atoms with Crippen molar-refractivity contribution >= 4 is 0 Å². The van der Waals surface area contributed by atoms with Crippen molar-refractivity contribution in [3.8, 4) is 0 Å². The minimum Gasteiger partial charge on any atom is -0.342 e. The van der Waals surface area contributed by atoms with E-state index in [2.05, 4.69) is 6.92 Å². The van der Waals surface area contributed by atoms with E-state index in [9.17, 15) is 13.2 Å². The van der Waals surface area contributed by atoms with Gasteiger partial charge in [-0.2, -0.15) is 13.2 Å². The second-order valence-corrected chi connectivity index (χ2v) is 9.54. The Hall–Kier alpha value is -0.410. The van der Waals surface area contributed by atoms with Crippen molar-refractivity contribution < 1.29 is 37.2 Å². The molecule has 0 aromatic carbocycles. The first kappa shape index (κ1) is 21.8. The van der Waals surface area contributed by atoms with Crippen LogP contribution in [0.2, 0.25) is 0 Å². The van der Waals surface area contributed by atoms with E-state index in [1.54, 1.807) is 13.8 Å². The summed E-state index contributed by atoms with van der Waals surface area (Å²) in [6.07, 6.45) is -0.818. The highest BCUT2D eigenvalue weighted by molar-refractivity contribution is 5.12. The molecule has 5 aliphatic rings. The Morgan fingerprint density at radius 3 is 2.45 bits per heavy atom. The van der Waals surface area contributed by atoms with Crippen molar-refractivity contribution in [1.29, 1.82) is 0 Å². The molecule has 4 heterocycles. The van der Waals surface area contributed by atoms with Crippen LogP contribution in [0.1, 0.15) is 72.6 Å². The number of ether oxygens (including phenoxy) is 3. The quantitative estimate of drug-likeness (QED) is 0.442. The number of rotatable bonds is 5. The van der Waals surface area contributed by atoms with Crippen LogP contribution in [0.25, 0.3) is 0 Å². The van der Waals surface area contributed by atoms with Gasteiger partial charge in [0.15, 0.2) is 11.9 Å². The first-order valence-corrected chi connectivity index (χ1v) is 11.0. The lowest BCUT2D eigenvalue weighted by atomic mass is 9.57. The third-order valence-corrected chi connectivity index (χ3v) is 7.72. The second kappa shape index (κ2) is 7.33. The molecule has 2 bridgehead atoms. The van der Waals surface area contributed by atoms with Crippen LogP contribution in [0.4, 0.5) is 13.2 Å². The van der Waals surface area contributed by atoms with E-state index >= 15 is 0 Å². The average molecular weight is 422 g/mol. The molecule has 5 nitrogen and oxygen atoms in total. The highest BCUT2D eigenvalue weighted by atomic mass is 19.4. The molecule has 1 saturated carbocycles. The molecule has 8 heteroatoms. The van der Waals surface area contributed by atoms with E-state index in [1.165, 1.54) is 0 Å². The predicted octanol–water partition coefficient (Wildman–Crippen LogP) is 5.33. The normalized spacial score (nSPS) is 49.6. The topological polar surface area (TPSA) is 46.2 Å². The summed E-state index contributed by atoms with van der Waals surface area (Å²) >= 11 is 0. The molecule has 4 aliphatic heterocycles. The van der Waals surface area contributed by atoms with Gasteiger partial charge in [0.2, 0.25) is 5.79 Å². The molecule has 0 unspecified atom stereocenters.